The number of anilines is 1. The van der Waals surface area contributed by atoms with Gasteiger partial charge in [0.1, 0.15) is 11.4 Å². The van der Waals surface area contributed by atoms with Gasteiger partial charge in [-0.05, 0) is 62.6 Å². The van der Waals surface area contributed by atoms with Crippen LogP contribution in [0.3, 0.4) is 0 Å². The molecule has 1 N–H and O–H groups in total. The highest BCUT2D eigenvalue weighted by molar-refractivity contribution is 6.45. The quantitative estimate of drug-likeness (QED) is 0.712. The second-order valence-corrected chi connectivity index (χ2v) is 7.72. The fourth-order valence-corrected chi connectivity index (χ4v) is 3.56. The molecule has 0 atom stereocenters. The number of likely N-dealkylation sites (N-methyl/N-ethyl adjacent to an activating group) is 1. The van der Waals surface area contributed by atoms with Crippen LogP contribution in [-0.4, -0.2) is 48.1 Å². The highest BCUT2D eigenvalue weighted by Gasteiger charge is 2.42. The number of aliphatic hydroxyl groups is 1. The summed E-state index contributed by atoms with van der Waals surface area (Å²) in [6.07, 6.45) is 0.0378. The number of nitrogens with zero attached hydrogens (tertiary/aromatic N) is 2. The topological polar surface area (TPSA) is 70.1 Å². The standard InChI is InChI=1S/C24H28N2O4/c1-15(2)30-19-11-9-18(10-12-19)21-22(25(5)13-14-27)24(29)26(23(21)28)20-8-6-7-16(3)17(20)4/h6-12,15,27H,13-14H2,1-5H3. The highest BCUT2D eigenvalue weighted by Crippen LogP contribution is 2.36. The average molecular weight is 408 g/mol. The summed E-state index contributed by atoms with van der Waals surface area (Å²) in [4.78, 5) is 29.8. The van der Waals surface area contributed by atoms with Crippen molar-refractivity contribution in [2.75, 3.05) is 25.1 Å². The number of rotatable bonds is 7. The van der Waals surface area contributed by atoms with E-state index in [2.05, 4.69) is 0 Å². The fourth-order valence-electron chi connectivity index (χ4n) is 3.56. The van der Waals surface area contributed by atoms with Crippen LogP contribution in [0.1, 0.15) is 30.5 Å². The number of benzene rings is 2. The van der Waals surface area contributed by atoms with Crippen molar-refractivity contribution in [3.05, 3.63) is 64.9 Å². The molecule has 1 heterocycles. The molecule has 0 fully saturated rings. The van der Waals surface area contributed by atoms with Crippen LogP contribution in [0.25, 0.3) is 5.57 Å². The summed E-state index contributed by atoms with van der Waals surface area (Å²) in [5, 5.41) is 9.40. The molecule has 0 bridgehead atoms. The minimum atomic E-state index is -0.387. The van der Waals surface area contributed by atoms with Gasteiger partial charge in [-0.3, -0.25) is 9.59 Å². The van der Waals surface area contributed by atoms with Crippen molar-refractivity contribution in [3.8, 4) is 5.75 Å². The van der Waals surface area contributed by atoms with Gasteiger partial charge in [0.25, 0.3) is 11.8 Å². The van der Waals surface area contributed by atoms with Gasteiger partial charge >= 0.3 is 0 Å². The monoisotopic (exact) mass is 408 g/mol. The van der Waals surface area contributed by atoms with Gasteiger partial charge in [-0.2, -0.15) is 0 Å². The second-order valence-electron chi connectivity index (χ2n) is 7.72. The predicted octanol–water partition coefficient (Wildman–Crippen LogP) is 3.30. The number of aliphatic hydroxyl groups excluding tert-OH is 1. The molecule has 6 nitrogen and oxygen atoms in total. The number of hydrogen-bond donors (Lipinski definition) is 1. The number of hydrogen-bond acceptors (Lipinski definition) is 5. The van der Waals surface area contributed by atoms with Crippen molar-refractivity contribution < 1.29 is 19.4 Å². The lowest BCUT2D eigenvalue weighted by atomic mass is 10.0. The predicted molar refractivity (Wildman–Crippen MR) is 117 cm³/mol. The first-order valence-corrected chi connectivity index (χ1v) is 10.0. The summed E-state index contributed by atoms with van der Waals surface area (Å²) in [6, 6.07) is 12.7. The van der Waals surface area contributed by atoms with E-state index in [-0.39, 0.29) is 36.8 Å². The van der Waals surface area contributed by atoms with E-state index in [1.807, 2.05) is 39.8 Å². The Hall–Kier alpha value is -3.12. The zero-order valence-corrected chi connectivity index (χ0v) is 18.1. The van der Waals surface area contributed by atoms with E-state index in [0.717, 1.165) is 11.1 Å². The second kappa shape index (κ2) is 8.71. The Labute approximate surface area is 177 Å². The Bertz CT molecular complexity index is 993. The third-order valence-electron chi connectivity index (χ3n) is 5.21. The summed E-state index contributed by atoms with van der Waals surface area (Å²) < 4.78 is 5.69. The van der Waals surface area contributed by atoms with Gasteiger partial charge < -0.3 is 14.7 Å². The Balaban J connectivity index is 2.10. The van der Waals surface area contributed by atoms with Crippen LogP contribution >= 0.6 is 0 Å². The lowest BCUT2D eigenvalue weighted by Gasteiger charge is -2.21. The van der Waals surface area contributed by atoms with Crippen LogP contribution in [0.2, 0.25) is 0 Å². The number of carbonyl (C=O) groups excluding carboxylic acids is 2. The van der Waals surface area contributed by atoms with E-state index in [9.17, 15) is 14.7 Å². The van der Waals surface area contributed by atoms with Gasteiger partial charge in [0.15, 0.2) is 0 Å². The van der Waals surface area contributed by atoms with Crippen LogP contribution in [0.4, 0.5) is 5.69 Å². The number of carbonyl (C=O) groups is 2. The number of ether oxygens (including phenoxy) is 1. The third kappa shape index (κ3) is 3.96. The fraction of sp³-hybridized carbons (Fsp3) is 0.333. The van der Waals surface area contributed by atoms with Crippen molar-refractivity contribution in [2.45, 2.75) is 33.8 Å². The summed E-state index contributed by atoms with van der Waals surface area (Å²) in [5.74, 6) is -0.0593. The molecule has 0 saturated heterocycles. The van der Waals surface area contributed by atoms with Gasteiger partial charge in [-0.15, -0.1) is 0 Å². The molecule has 0 saturated carbocycles. The van der Waals surface area contributed by atoms with Crippen molar-refractivity contribution in [3.63, 3.8) is 0 Å². The molecular weight excluding hydrogens is 380 g/mol. The first-order chi connectivity index (χ1) is 14.3. The average Bonchev–Trinajstić information content (AvgIpc) is 2.95. The molecule has 0 aliphatic carbocycles. The first-order valence-electron chi connectivity index (χ1n) is 10.0. The molecular formula is C24H28N2O4. The molecule has 0 spiro atoms. The van der Waals surface area contributed by atoms with Crippen molar-refractivity contribution in [2.24, 2.45) is 0 Å². The van der Waals surface area contributed by atoms with Crippen LogP contribution in [-0.2, 0) is 9.59 Å². The van der Waals surface area contributed by atoms with Crippen molar-refractivity contribution in [1.82, 2.24) is 4.90 Å². The van der Waals surface area contributed by atoms with Crippen LogP contribution < -0.4 is 9.64 Å². The van der Waals surface area contributed by atoms with E-state index >= 15 is 0 Å². The minimum Gasteiger partial charge on any atom is -0.491 e. The molecule has 158 valence electrons. The molecule has 0 radical (unpaired) electrons. The first kappa shape index (κ1) is 21.6. The van der Waals surface area contributed by atoms with Gasteiger partial charge in [0.2, 0.25) is 0 Å². The molecule has 1 aliphatic heterocycles. The lowest BCUT2D eigenvalue weighted by Crippen LogP contribution is -2.35. The normalized spacial score (nSPS) is 14.2. The third-order valence-corrected chi connectivity index (χ3v) is 5.21. The van der Waals surface area contributed by atoms with E-state index in [1.165, 1.54) is 4.90 Å². The maximum Gasteiger partial charge on any atom is 0.282 e. The maximum absolute atomic E-state index is 13.5. The molecule has 2 aromatic rings. The zero-order valence-electron chi connectivity index (χ0n) is 18.1. The summed E-state index contributed by atoms with van der Waals surface area (Å²) >= 11 is 0. The van der Waals surface area contributed by atoms with Gasteiger partial charge in [-0.1, -0.05) is 24.3 Å². The molecule has 2 amide bonds. The molecule has 2 aromatic carbocycles. The largest absolute Gasteiger partial charge is 0.491 e. The Morgan fingerprint density at radius 3 is 2.30 bits per heavy atom. The highest BCUT2D eigenvalue weighted by atomic mass is 16.5. The lowest BCUT2D eigenvalue weighted by molar-refractivity contribution is -0.120. The molecule has 3 rings (SSSR count). The van der Waals surface area contributed by atoms with Gasteiger partial charge in [0.05, 0.1) is 24.0 Å². The van der Waals surface area contributed by atoms with Gasteiger partial charge in [0, 0.05) is 13.6 Å². The molecule has 30 heavy (non-hydrogen) atoms. The Kier molecular flexibility index (Phi) is 6.27. The van der Waals surface area contributed by atoms with E-state index in [4.69, 9.17) is 4.74 Å². The Morgan fingerprint density at radius 1 is 1.03 bits per heavy atom. The van der Waals surface area contributed by atoms with E-state index in [0.29, 0.717) is 22.6 Å². The van der Waals surface area contributed by atoms with Crippen molar-refractivity contribution >= 4 is 23.1 Å². The number of imide groups is 1. The minimum absolute atomic E-state index is 0.0378. The zero-order chi connectivity index (χ0) is 22.0. The Morgan fingerprint density at radius 2 is 1.70 bits per heavy atom. The summed E-state index contributed by atoms with van der Waals surface area (Å²) in [5.41, 5.74) is 3.71. The molecule has 6 heteroatoms. The number of amides is 2. The van der Waals surface area contributed by atoms with Crippen LogP contribution in [0.15, 0.2) is 48.2 Å². The maximum atomic E-state index is 13.5. The number of aryl methyl sites for hydroxylation is 1. The summed E-state index contributed by atoms with van der Waals surface area (Å²) in [7, 11) is 1.71. The van der Waals surface area contributed by atoms with Crippen molar-refractivity contribution in [1.29, 1.82) is 0 Å². The summed E-state index contributed by atoms with van der Waals surface area (Å²) in [6.45, 7) is 7.86. The van der Waals surface area contributed by atoms with E-state index < -0.39 is 0 Å². The molecule has 1 aliphatic rings. The van der Waals surface area contributed by atoms with Crippen LogP contribution in [0, 0.1) is 13.8 Å². The molecule has 0 aromatic heterocycles. The molecule has 0 unspecified atom stereocenters. The SMILES string of the molecule is Cc1cccc(N2C(=O)C(c3ccc(OC(C)C)cc3)=C(N(C)CCO)C2=O)c1C. The smallest absolute Gasteiger partial charge is 0.282 e. The van der Waals surface area contributed by atoms with Crippen LogP contribution in [0.5, 0.6) is 5.75 Å². The van der Waals surface area contributed by atoms with E-state index in [1.54, 1.807) is 42.3 Å². The van der Waals surface area contributed by atoms with Gasteiger partial charge in [-0.25, -0.2) is 4.90 Å².